The topological polar surface area (TPSA) is 15.3 Å². The Labute approximate surface area is 105 Å². The molecule has 0 saturated carbocycles. The van der Waals surface area contributed by atoms with E-state index in [-0.39, 0.29) is 0 Å². The van der Waals surface area contributed by atoms with Crippen LogP contribution in [0.5, 0.6) is 0 Å². The zero-order valence-electron chi connectivity index (χ0n) is 11.3. The molecule has 0 bridgehead atoms. The number of benzene rings is 1. The number of hydrogen-bond acceptors (Lipinski definition) is 2. The SMILES string of the molecule is CCCc1ccc(N2CCNC[C@H]2C)c(C)c1. The first-order valence-electron chi connectivity index (χ1n) is 6.79. The third kappa shape index (κ3) is 2.81. The van der Waals surface area contributed by atoms with Crippen LogP contribution in [0.2, 0.25) is 0 Å². The molecule has 2 nitrogen and oxygen atoms in total. The lowest BCUT2D eigenvalue weighted by Crippen LogP contribution is -2.50. The number of hydrogen-bond donors (Lipinski definition) is 1. The fraction of sp³-hybridized carbons (Fsp3) is 0.600. The minimum atomic E-state index is 0.597. The summed E-state index contributed by atoms with van der Waals surface area (Å²) in [4.78, 5) is 2.53. The lowest BCUT2D eigenvalue weighted by Gasteiger charge is -2.37. The van der Waals surface area contributed by atoms with E-state index in [1.807, 2.05) is 0 Å². The summed E-state index contributed by atoms with van der Waals surface area (Å²) in [6, 6.07) is 7.55. The van der Waals surface area contributed by atoms with Gasteiger partial charge in [-0.3, -0.25) is 0 Å². The highest BCUT2D eigenvalue weighted by Crippen LogP contribution is 2.24. The molecule has 1 aromatic carbocycles. The molecule has 0 spiro atoms. The monoisotopic (exact) mass is 232 g/mol. The van der Waals surface area contributed by atoms with E-state index in [9.17, 15) is 0 Å². The zero-order valence-corrected chi connectivity index (χ0v) is 11.3. The summed E-state index contributed by atoms with van der Waals surface area (Å²) in [5, 5.41) is 3.44. The molecule has 1 atom stereocenters. The van der Waals surface area contributed by atoms with Gasteiger partial charge >= 0.3 is 0 Å². The van der Waals surface area contributed by atoms with Crippen LogP contribution >= 0.6 is 0 Å². The van der Waals surface area contributed by atoms with Gasteiger partial charge in [0.25, 0.3) is 0 Å². The van der Waals surface area contributed by atoms with Crippen LogP contribution in [0, 0.1) is 6.92 Å². The second-order valence-corrected chi connectivity index (χ2v) is 5.12. The number of rotatable bonds is 3. The first kappa shape index (κ1) is 12.4. The Morgan fingerprint density at radius 3 is 2.88 bits per heavy atom. The Kier molecular flexibility index (Phi) is 4.06. The molecule has 1 aromatic rings. The Morgan fingerprint density at radius 2 is 2.24 bits per heavy atom. The second kappa shape index (κ2) is 5.54. The maximum Gasteiger partial charge on any atom is 0.0399 e. The van der Waals surface area contributed by atoms with Crippen molar-refractivity contribution < 1.29 is 0 Å². The van der Waals surface area contributed by atoms with Gasteiger partial charge in [-0.2, -0.15) is 0 Å². The minimum absolute atomic E-state index is 0.597. The fourth-order valence-corrected chi connectivity index (χ4v) is 2.68. The molecule has 1 N–H and O–H groups in total. The molecule has 0 unspecified atom stereocenters. The number of piperazine rings is 1. The lowest BCUT2D eigenvalue weighted by molar-refractivity contribution is 0.500. The maximum atomic E-state index is 3.44. The quantitative estimate of drug-likeness (QED) is 0.862. The van der Waals surface area contributed by atoms with E-state index in [4.69, 9.17) is 0 Å². The molecule has 1 aliphatic heterocycles. The van der Waals surface area contributed by atoms with Gasteiger partial charge in [0.05, 0.1) is 0 Å². The molecule has 0 aromatic heterocycles. The van der Waals surface area contributed by atoms with Crippen LogP contribution in [0.1, 0.15) is 31.4 Å². The van der Waals surface area contributed by atoms with Crippen molar-refractivity contribution in [1.82, 2.24) is 5.32 Å². The first-order chi connectivity index (χ1) is 8.22. The first-order valence-corrected chi connectivity index (χ1v) is 6.79. The Bertz CT molecular complexity index is 373. The van der Waals surface area contributed by atoms with E-state index < -0.39 is 0 Å². The summed E-state index contributed by atoms with van der Waals surface area (Å²) < 4.78 is 0. The molecular weight excluding hydrogens is 208 g/mol. The summed E-state index contributed by atoms with van der Waals surface area (Å²) in [5.41, 5.74) is 4.31. The molecule has 0 radical (unpaired) electrons. The number of nitrogens with zero attached hydrogens (tertiary/aromatic N) is 1. The molecule has 2 rings (SSSR count). The van der Waals surface area contributed by atoms with Crippen LogP contribution in [0.3, 0.4) is 0 Å². The fourth-order valence-electron chi connectivity index (χ4n) is 2.68. The van der Waals surface area contributed by atoms with Gasteiger partial charge < -0.3 is 10.2 Å². The van der Waals surface area contributed by atoms with Crippen molar-refractivity contribution >= 4 is 5.69 Å². The summed E-state index contributed by atoms with van der Waals surface area (Å²) in [5.74, 6) is 0. The summed E-state index contributed by atoms with van der Waals surface area (Å²) in [6.45, 7) is 10.1. The molecule has 1 saturated heterocycles. The molecular formula is C15H24N2. The van der Waals surface area contributed by atoms with E-state index in [1.165, 1.54) is 29.7 Å². The summed E-state index contributed by atoms with van der Waals surface area (Å²) >= 11 is 0. The van der Waals surface area contributed by atoms with Gasteiger partial charge in [0.15, 0.2) is 0 Å². The maximum absolute atomic E-state index is 3.44. The predicted octanol–water partition coefficient (Wildman–Crippen LogP) is 2.75. The van der Waals surface area contributed by atoms with E-state index in [1.54, 1.807) is 0 Å². The van der Waals surface area contributed by atoms with Crippen LogP contribution in [0.25, 0.3) is 0 Å². The largest absolute Gasteiger partial charge is 0.366 e. The van der Waals surface area contributed by atoms with Crippen molar-refractivity contribution in [3.05, 3.63) is 29.3 Å². The smallest absolute Gasteiger partial charge is 0.0399 e. The van der Waals surface area contributed by atoms with Gasteiger partial charge in [0.1, 0.15) is 0 Å². The van der Waals surface area contributed by atoms with Crippen LogP contribution < -0.4 is 10.2 Å². The average Bonchev–Trinajstić information content (AvgIpc) is 2.31. The normalized spacial score (nSPS) is 20.6. The van der Waals surface area contributed by atoms with E-state index >= 15 is 0 Å². The van der Waals surface area contributed by atoms with Crippen molar-refractivity contribution in [2.75, 3.05) is 24.5 Å². The van der Waals surface area contributed by atoms with E-state index in [2.05, 4.69) is 49.2 Å². The minimum Gasteiger partial charge on any atom is -0.366 e. The Hall–Kier alpha value is -1.02. The molecule has 1 heterocycles. The van der Waals surface area contributed by atoms with Gasteiger partial charge in [0, 0.05) is 31.4 Å². The molecule has 2 heteroatoms. The standard InChI is InChI=1S/C15H24N2/c1-4-5-14-6-7-15(12(2)10-14)17-9-8-16-11-13(17)3/h6-7,10,13,16H,4-5,8-9,11H2,1-3H3/t13-/m1/s1. The molecule has 94 valence electrons. The zero-order chi connectivity index (χ0) is 12.3. The van der Waals surface area contributed by atoms with Gasteiger partial charge in [0.2, 0.25) is 0 Å². The molecule has 1 aliphatic rings. The third-order valence-electron chi connectivity index (χ3n) is 3.61. The van der Waals surface area contributed by atoms with Crippen molar-refractivity contribution in [1.29, 1.82) is 0 Å². The van der Waals surface area contributed by atoms with Crippen LogP contribution in [-0.4, -0.2) is 25.7 Å². The van der Waals surface area contributed by atoms with Crippen LogP contribution in [0.4, 0.5) is 5.69 Å². The molecule has 1 fully saturated rings. The number of nitrogens with one attached hydrogen (secondary N) is 1. The Morgan fingerprint density at radius 1 is 1.41 bits per heavy atom. The molecule has 17 heavy (non-hydrogen) atoms. The van der Waals surface area contributed by atoms with Crippen LogP contribution in [-0.2, 0) is 6.42 Å². The molecule has 0 amide bonds. The van der Waals surface area contributed by atoms with Crippen molar-refractivity contribution in [3.63, 3.8) is 0 Å². The lowest BCUT2D eigenvalue weighted by atomic mass is 10.0. The highest BCUT2D eigenvalue weighted by atomic mass is 15.2. The average molecular weight is 232 g/mol. The third-order valence-corrected chi connectivity index (χ3v) is 3.61. The summed E-state index contributed by atoms with van der Waals surface area (Å²) in [6.07, 6.45) is 2.42. The van der Waals surface area contributed by atoms with Gasteiger partial charge in [-0.25, -0.2) is 0 Å². The van der Waals surface area contributed by atoms with Crippen molar-refractivity contribution in [2.45, 2.75) is 39.7 Å². The Balaban J connectivity index is 2.20. The van der Waals surface area contributed by atoms with E-state index in [0.717, 1.165) is 19.6 Å². The molecule has 0 aliphatic carbocycles. The van der Waals surface area contributed by atoms with E-state index in [0.29, 0.717) is 6.04 Å². The van der Waals surface area contributed by atoms with Gasteiger partial charge in [-0.05, 0) is 37.5 Å². The van der Waals surface area contributed by atoms with Crippen molar-refractivity contribution in [3.8, 4) is 0 Å². The number of aryl methyl sites for hydroxylation is 2. The predicted molar refractivity (Wildman–Crippen MR) is 74.9 cm³/mol. The highest BCUT2D eigenvalue weighted by Gasteiger charge is 2.19. The second-order valence-electron chi connectivity index (χ2n) is 5.12. The van der Waals surface area contributed by atoms with Crippen molar-refractivity contribution in [2.24, 2.45) is 0 Å². The van der Waals surface area contributed by atoms with Crippen LogP contribution in [0.15, 0.2) is 18.2 Å². The van der Waals surface area contributed by atoms with Gasteiger partial charge in [-0.1, -0.05) is 25.5 Å². The highest BCUT2D eigenvalue weighted by molar-refractivity contribution is 5.55. The summed E-state index contributed by atoms with van der Waals surface area (Å²) in [7, 11) is 0. The number of anilines is 1. The van der Waals surface area contributed by atoms with Gasteiger partial charge in [-0.15, -0.1) is 0 Å².